The fraction of sp³-hybridized carbons (Fsp3) is 0.345. The molecular weight excluding hydrogens is 1010 g/mol. The number of halogens is 3. The second-order valence-corrected chi connectivity index (χ2v) is 20.1. The Hall–Kier alpha value is -6.31. The molecule has 0 amide bonds. The van der Waals surface area contributed by atoms with Gasteiger partial charge >= 0.3 is 5.97 Å². The zero-order chi connectivity index (χ0) is 51.5. The van der Waals surface area contributed by atoms with Gasteiger partial charge < -0.3 is 47.9 Å². The minimum absolute atomic E-state index is 0.00584. The molecule has 0 radical (unpaired) electrons. The summed E-state index contributed by atoms with van der Waals surface area (Å²) in [5, 5.41) is 12.0. The van der Waals surface area contributed by atoms with Gasteiger partial charge in [-0.1, -0.05) is 47.5 Å². The van der Waals surface area contributed by atoms with Gasteiger partial charge in [0.25, 0.3) is 0 Å². The fourth-order valence-corrected chi connectivity index (χ4v) is 11.1. The molecule has 3 atom stereocenters. The lowest BCUT2D eigenvalue weighted by atomic mass is 9.92. The summed E-state index contributed by atoms with van der Waals surface area (Å²) in [6, 6.07) is 22.6. The average molecular weight is 1070 g/mol. The number of aliphatic carboxylic acids is 1. The summed E-state index contributed by atoms with van der Waals surface area (Å²) < 4.78 is 64.6. The van der Waals surface area contributed by atoms with Crippen LogP contribution >= 0.6 is 34.5 Å². The van der Waals surface area contributed by atoms with Gasteiger partial charge in [-0.05, 0) is 97.7 Å². The normalized spacial score (nSPS) is 18.5. The number of carbonyl (C=O) groups is 1. The second kappa shape index (κ2) is 22.7. The number of hydrogen-bond donors (Lipinski definition) is 1. The molecule has 0 unspecified atom stereocenters. The standard InChI is InChI=1S/C55H54Cl2FN5O10S/c1-31-46-32(2)50(57)51(49(31)56)72-37(25-63-19-17-62(3)18-20-63)27-69-36-13-15-42(71-29-41-44(70-28-38-26-67-21-22-68-38)16-14-40(61-41)39-7-5-6-8-43(39)66-4)34(23-36)24-45(55(64)65)73-53-48-47(46)52(74-54(48)60-30-59-53)33-9-11-35(58)12-10-33/h5-16,23,30,37-38,45H,17-22,24-29H2,1-4H3,(H,64,65)/t37-,38+,45-/m1/s1. The highest BCUT2D eigenvalue weighted by atomic mass is 35.5. The molecule has 4 bridgehead atoms. The molecule has 7 aromatic rings. The van der Waals surface area contributed by atoms with Gasteiger partial charge in [0.15, 0.2) is 5.75 Å². The van der Waals surface area contributed by atoms with Crippen molar-refractivity contribution in [1.29, 1.82) is 0 Å². The van der Waals surface area contributed by atoms with Crippen molar-refractivity contribution in [2.24, 2.45) is 0 Å². The van der Waals surface area contributed by atoms with Crippen LogP contribution in [0.15, 0.2) is 85.2 Å². The number of piperazine rings is 1. The third kappa shape index (κ3) is 11.1. The van der Waals surface area contributed by atoms with Gasteiger partial charge in [0, 0.05) is 60.7 Å². The van der Waals surface area contributed by atoms with Crippen LogP contribution in [0.5, 0.6) is 34.6 Å². The van der Waals surface area contributed by atoms with Crippen molar-refractivity contribution in [1.82, 2.24) is 24.8 Å². The molecule has 4 aliphatic heterocycles. The fourth-order valence-electron chi connectivity index (χ4n) is 9.40. The quantitative estimate of drug-likeness (QED) is 0.123. The number of aromatic nitrogens is 3. The van der Waals surface area contributed by atoms with Gasteiger partial charge in [0.05, 0.1) is 48.1 Å². The van der Waals surface area contributed by atoms with Crippen molar-refractivity contribution in [3.05, 3.63) is 123 Å². The lowest BCUT2D eigenvalue weighted by Crippen LogP contribution is -2.49. The number of rotatable bonds is 12. The zero-order valence-electron chi connectivity index (χ0n) is 41.2. The lowest BCUT2D eigenvalue weighted by Gasteiger charge is -2.35. The number of methoxy groups -OCH3 is 1. The first-order valence-electron chi connectivity index (χ1n) is 24.2. The maximum Gasteiger partial charge on any atom is 0.345 e. The van der Waals surface area contributed by atoms with Crippen LogP contribution in [0, 0.1) is 19.7 Å². The van der Waals surface area contributed by atoms with Crippen LogP contribution in [0.4, 0.5) is 4.39 Å². The number of hydrogen-bond acceptors (Lipinski definition) is 15. The van der Waals surface area contributed by atoms with Crippen molar-refractivity contribution < 1.29 is 52.2 Å². The van der Waals surface area contributed by atoms with E-state index in [-0.39, 0.29) is 48.3 Å². The number of fused-ring (bicyclic) bond motifs is 7. The molecule has 19 heteroatoms. The summed E-state index contributed by atoms with van der Waals surface area (Å²) >= 11 is 16.1. The highest BCUT2D eigenvalue weighted by molar-refractivity contribution is 7.22. The van der Waals surface area contributed by atoms with Crippen LogP contribution in [-0.2, 0) is 27.3 Å². The molecule has 2 saturated heterocycles. The van der Waals surface area contributed by atoms with Gasteiger partial charge in [0.1, 0.15) is 77.7 Å². The number of ether oxygens (including phenoxy) is 8. The van der Waals surface area contributed by atoms with Gasteiger partial charge in [-0.2, -0.15) is 0 Å². The summed E-state index contributed by atoms with van der Waals surface area (Å²) in [6.45, 7) is 9.23. The number of pyridine rings is 1. The number of likely N-dealkylation sites (N-methyl/N-ethyl adjacent to an activating group) is 1. The molecule has 2 fully saturated rings. The molecule has 11 rings (SSSR count). The molecule has 7 heterocycles. The van der Waals surface area contributed by atoms with E-state index in [9.17, 15) is 14.3 Å². The van der Waals surface area contributed by atoms with E-state index in [4.69, 9.17) is 66.1 Å². The summed E-state index contributed by atoms with van der Waals surface area (Å²) in [6.07, 6.45) is -1.23. The van der Waals surface area contributed by atoms with Crippen molar-refractivity contribution in [2.75, 3.05) is 79.9 Å². The first-order chi connectivity index (χ1) is 35.9. The van der Waals surface area contributed by atoms with E-state index < -0.39 is 24.0 Å². The van der Waals surface area contributed by atoms with Crippen LogP contribution in [-0.4, -0.2) is 134 Å². The van der Waals surface area contributed by atoms with E-state index in [2.05, 4.69) is 26.8 Å². The molecule has 0 saturated carbocycles. The van der Waals surface area contributed by atoms with Gasteiger partial charge in [0.2, 0.25) is 12.0 Å². The number of benzene rings is 4. The summed E-state index contributed by atoms with van der Waals surface area (Å²) in [4.78, 5) is 33.6. The molecule has 1 N–H and O–H groups in total. The SMILES string of the molecule is COc1ccccc1-c1ccc(OC[C@@H]2COCCO2)c(COc2ccc3cc2C[C@H](C(=O)O)Oc2ncnc4sc(-c5ccc(F)cc5)c(c24)-c2c(C)c(Cl)c(c(Cl)c2C)O[C@H](CN2CCN(C)CC2)CO3)n1. The molecule has 0 spiro atoms. The number of thiophene rings is 1. The summed E-state index contributed by atoms with van der Waals surface area (Å²) in [7, 11) is 3.70. The second-order valence-electron chi connectivity index (χ2n) is 18.3. The highest BCUT2D eigenvalue weighted by Crippen LogP contribution is 2.53. The Balaban J connectivity index is 1.08. The van der Waals surface area contributed by atoms with Crippen molar-refractivity contribution in [3.8, 4) is 67.5 Å². The van der Waals surface area contributed by atoms with E-state index in [1.54, 1.807) is 37.4 Å². The van der Waals surface area contributed by atoms with Crippen molar-refractivity contribution in [2.45, 2.75) is 45.2 Å². The minimum Gasteiger partial charge on any atom is -0.496 e. The first-order valence-corrected chi connectivity index (χ1v) is 25.8. The van der Waals surface area contributed by atoms with Crippen LogP contribution in [0.1, 0.15) is 22.4 Å². The third-order valence-electron chi connectivity index (χ3n) is 13.4. The first kappa shape index (κ1) is 51.2. The minimum atomic E-state index is -1.52. The van der Waals surface area contributed by atoms with E-state index in [1.165, 1.54) is 29.8 Å². The maximum absolute atomic E-state index is 14.5. The smallest absolute Gasteiger partial charge is 0.345 e. The molecule has 0 aliphatic carbocycles. The van der Waals surface area contributed by atoms with Gasteiger partial charge in [-0.25, -0.2) is 24.1 Å². The Kier molecular flexibility index (Phi) is 15.7. The Morgan fingerprint density at radius 3 is 2.38 bits per heavy atom. The Bertz CT molecular complexity index is 3140. The molecule has 15 nitrogen and oxygen atoms in total. The Morgan fingerprint density at radius 1 is 0.865 bits per heavy atom. The van der Waals surface area contributed by atoms with Crippen LogP contribution in [0.25, 0.3) is 43.0 Å². The van der Waals surface area contributed by atoms with Crippen LogP contribution in [0.2, 0.25) is 10.0 Å². The van der Waals surface area contributed by atoms with Crippen molar-refractivity contribution in [3.63, 3.8) is 0 Å². The predicted octanol–water partition coefficient (Wildman–Crippen LogP) is 9.99. The van der Waals surface area contributed by atoms with E-state index in [0.29, 0.717) is 115 Å². The molecule has 74 heavy (non-hydrogen) atoms. The van der Waals surface area contributed by atoms with E-state index >= 15 is 0 Å². The lowest BCUT2D eigenvalue weighted by molar-refractivity contribution is -0.145. The van der Waals surface area contributed by atoms with E-state index in [1.807, 2.05) is 50.2 Å². The van der Waals surface area contributed by atoms with Crippen molar-refractivity contribution >= 4 is 50.7 Å². The van der Waals surface area contributed by atoms with Gasteiger partial charge in [-0.15, -0.1) is 11.3 Å². The summed E-state index contributed by atoms with van der Waals surface area (Å²) in [5.74, 6) is 0.518. The third-order valence-corrected chi connectivity index (χ3v) is 15.4. The average Bonchev–Trinajstić information content (AvgIpc) is 3.80. The number of nitrogens with zero attached hydrogens (tertiary/aromatic N) is 5. The van der Waals surface area contributed by atoms with E-state index in [0.717, 1.165) is 31.7 Å². The Labute approximate surface area is 441 Å². The molecule has 4 aromatic carbocycles. The highest BCUT2D eigenvalue weighted by Gasteiger charge is 2.32. The zero-order valence-corrected chi connectivity index (χ0v) is 43.5. The molecule has 4 aliphatic rings. The number of carboxylic acid groups (broad SMARTS) is 1. The van der Waals surface area contributed by atoms with Crippen LogP contribution < -0.4 is 28.4 Å². The monoisotopic (exact) mass is 1070 g/mol. The van der Waals surface area contributed by atoms with Gasteiger partial charge in [-0.3, -0.25) is 4.90 Å². The number of para-hydroxylation sites is 1. The molecular formula is C55H54Cl2FN5O10S. The maximum atomic E-state index is 14.5. The number of carboxylic acids is 1. The summed E-state index contributed by atoms with van der Waals surface area (Å²) in [5.41, 5.74) is 5.52. The molecule has 3 aromatic heterocycles. The Morgan fingerprint density at radius 2 is 1.64 bits per heavy atom. The topological polar surface area (TPSA) is 156 Å². The largest absolute Gasteiger partial charge is 0.496 e. The van der Waals surface area contributed by atoms with Crippen LogP contribution in [0.3, 0.4) is 0 Å². The molecule has 386 valence electrons. The predicted molar refractivity (Wildman–Crippen MR) is 280 cm³/mol.